The molecule has 0 unspecified atom stereocenters. The van der Waals surface area contributed by atoms with E-state index in [2.05, 4.69) is 17.2 Å². The van der Waals surface area contributed by atoms with Crippen LogP contribution in [0.4, 0.5) is 0 Å². The summed E-state index contributed by atoms with van der Waals surface area (Å²) in [7, 11) is 0. The van der Waals surface area contributed by atoms with Crippen molar-refractivity contribution in [2.75, 3.05) is 19.6 Å². The van der Waals surface area contributed by atoms with Gasteiger partial charge in [-0.15, -0.1) is 0 Å². The summed E-state index contributed by atoms with van der Waals surface area (Å²) in [4.78, 5) is 15.1. The van der Waals surface area contributed by atoms with Gasteiger partial charge in [-0.1, -0.05) is 54.1 Å². The molecule has 0 aliphatic carbocycles. The predicted octanol–water partition coefficient (Wildman–Crippen LogP) is 3.65. The number of hydrogen-bond acceptors (Lipinski definition) is 3. The Morgan fingerprint density at radius 3 is 2.57 bits per heavy atom. The van der Waals surface area contributed by atoms with Gasteiger partial charge in [-0.2, -0.15) is 5.10 Å². The minimum Gasteiger partial charge on any atom is -0.338 e. The number of amides is 1. The molecule has 0 saturated carbocycles. The molecule has 0 spiro atoms. The molecule has 2 heterocycles. The van der Waals surface area contributed by atoms with E-state index in [1.807, 2.05) is 54.3 Å². The van der Waals surface area contributed by atoms with Gasteiger partial charge < -0.3 is 10.6 Å². The maximum Gasteiger partial charge on any atom is 0.257 e. The molecule has 2 atom stereocenters. The number of para-hydroxylation sites is 1. The summed E-state index contributed by atoms with van der Waals surface area (Å²) >= 11 is 6.30. The fourth-order valence-electron chi connectivity index (χ4n) is 4.01. The number of carbonyl (C=O) groups excluding carboxylic acids is 1. The molecule has 1 fully saturated rings. The summed E-state index contributed by atoms with van der Waals surface area (Å²) in [6.07, 6.45) is 1.63. The van der Waals surface area contributed by atoms with Crippen molar-refractivity contribution >= 4 is 17.5 Å². The second-order valence-corrected chi connectivity index (χ2v) is 7.64. The van der Waals surface area contributed by atoms with Crippen molar-refractivity contribution in [2.45, 2.75) is 12.8 Å². The third-order valence-electron chi connectivity index (χ3n) is 5.58. The van der Waals surface area contributed by atoms with Crippen molar-refractivity contribution in [1.29, 1.82) is 0 Å². The normalized spacial score (nSPS) is 19.2. The number of aromatic nitrogens is 2. The van der Waals surface area contributed by atoms with Crippen molar-refractivity contribution < 1.29 is 4.79 Å². The number of benzene rings is 2. The van der Waals surface area contributed by atoms with E-state index in [1.165, 1.54) is 5.56 Å². The molecule has 2 N–H and O–H groups in total. The lowest BCUT2D eigenvalue weighted by Gasteiger charge is -2.17. The number of likely N-dealkylation sites (tertiary alicyclic amines) is 1. The molecule has 1 amide bonds. The monoisotopic (exact) mass is 394 g/mol. The Balaban J connectivity index is 1.60. The van der Waals surface area contributed by atoms with Crippen LogP contribution in [-0.2, 0) is 0 Å². The summed E-state index contributed by atoms with van der Waals surface area (Å²) < 4.78 is 1.72. The minimum atomic E-state index is -0.00677. The number of hydrogen-bond donors (Lipinski definition) is 1. The zero-order valence-corrected chi connectivity index (χ0v) is 16.5. The number of carbonyl (C=O) groups is 1. The van der Waals surface area contributed by atoms with E-state index in [-0.39, 0.29) is 17.7 Å². The summed E-state index contributed by atoms with van der Waals surface area (Å²) in [6.45, 7) is 3.78. The fourth-order valence-corrected chi connectivity index (χ4v) is 4.23. The predicted molar refractivity (Wildman–Crippen MR) is 111 cm³/mol. The van der Waals surface area contributed by atoms with Crippen LogP contribution in [-0.4, -0.2) is 40.2 Å². The third kappa shape index (κ3) is 3.32. The topological polar surface area (TPSA) is 64.2 Å². The van der Waals surface area contributed by atoms with E-state index in [0.29, 0.717) is 30.2 Å². The maximum atomic E-state index is 13.2. The van der Waals surface area contributed by atoms with Crippen molar-refractivity contribution in [3.63, 3.8) is 0 Å². The molecule has 1 aliphatic rings. The smallest absolute Gasteiger partial charge is 0.257 e. The molecule has 1 aromatic heterocycles. The SMILES string of the molecule is Cc1c(C(=O)N2C[C@@H](CN)[C@H](c3ccccc3)C2)cnn1-c1ccccc1Cl. The Hall–Kier alpha value is -2.63. The van der Waals surface area contributed by atoms with Gasteiger partial charge in [0.2, 0.25) is 0 Å². The molecule has 0 bridgehead atoms. The first-order valence-corrected chi connectivity index (χ1v) is 9.81. The number of nitrogens with zero attached hydrogens (tertiary/aromatic N) is 3. The van der Waals surface area contributed by atoms with Crippen LogP contribution in [0, 0.1) is 12.8 Å². The van der Waals surface area contributed by atoms with Gasteiger partial charge in [-0.25, -0.2) is 4.68 Å². The lowest BCUT2D eigenvalue weighted by Crippen LogP contribution is -2.30. The minimum absolute atomic E-state index is 0.00677. The van der Waals surface area contributed by atoms with Crippen LogP contribution in [0.2, 0.25) is 5.02 Å². The van der Waals surface area contributed by atoms with Crippen LogP contribution < -0.4 is 5.73 Å². The van der Waals surface area contributed by atoms with Gasteiger partial charge in [0, 0.05) is 19.0 Å². The van der Waals surface area contributed by atoms with Gasteiger partial charge in [-0.3, -0.25) is 4.79 Å². The van der Waals surface area contributed by atoms with Gasteiger partial charge in [0.1, 0.15) is 0 Å². The quantitative estimate of drug-likeness (QED) is 0.734. The first-order chi connectivity index (χ1) is 13.6. The number of nitrogens with two attached hydrogens (primary N) is 1. The Morgan fingerprint density at radius 1 is 1.14 bits per heavy atom. The number of halogens is 1. The molecule has 28 heavy (non-hydrogen) atoms. The van der Waals surface area contributed by atoms with Gasteiger partial charge >= 0.3 is 0 Å². The first-order valence-electron chi connectivity index (χ1n) is 9.44. The van der Waals surface area contributed by atoms with E-state index in [1.54, 1.807) is 10.9 Å². The molecule has 144 valence electrons. The first kappa shape index (κ1) is 18.7. The molecule has 5 nitrogen and oxygen atoms in total. The van der Waals surface area contributed by atoms with Crippen LogP contribution >= 0.6 is 11.6 Å². The van der Waals surface area contributed by atoms with Crippen LogP contribution in [0.15, 0.2) is 60.8 Å². The lowest BCUT2D eigenvalue weighted by atomic mass is 9.89. The van der Waals surface area contributed by atoms with Crippen LogP contribution in [0.1, 0.15) is 27.5 Å². The number of rotatable bonds is 4. The van der Waals surface area contributed by atoms with Crippen molar-refractivity contribution in [3.8, 4) is 5.69 Å². The Kier molecular flexibility index (Phi) is 5.20. The molecule has 2 aromatic carbocycles. The fraction of sp³-hybridized carbons (Fsp3) is 0.273. The van der Waals surface area contributed by atoms with Gasteiger partial charge in [0.25, 0.3) is 5.91 Å². The maximum absolute atomic E-state index is 13.2. The van der Waals surface area contributed by atoms with E-state index in [4.69, 9.17) is 17.3 Å². The van der Waals surface area contributed by atoms with Crippen LogP contribution in [0.25, 0.3) is 5.69 Å². The Labute approximate surface area is 169 Å². The van der Waals surface area contributed by atoms with Gasteiger partial charge in [0.15, 0.2) is 0 Å². The summed E-state index contributed by atoms with van der Waals surface area (Å²) in [6, 6.07) is 17.8. The second-order valence-electron chi connectivity index (χ2n) is 7.23. The van der Waals surface area contributed by atoms with Crippen molar-refractivity contribution in [2.24, 2.45) is 11.7 Å². The van der Waals surface area contributed by atoms with Gasteiger partial charge in [0.05, 0.1) is 28.2 Å². The molecule has 4 rings (SSSR count). The molecule has 1 saturated heterocycles. The highest BCUT2D eigenvalue weighted by molar-refractivity contribution is 6.32. The van der Waals surface area contributed by atoms with E-state index >= 15 is 0 Å². The summed E-state index contributed by atoms with van der Waals surface area (Å²) in [5.74, 6) is 0.507. The molecule has 0 radical (unpaired) electrons. The summed E-state index contributed by atoms with van der Waals surface area (Å²) in [5, 5.41) is 5.01. The van der Waals surface area contributed by atoms with E-state index < -0.39 is 0 Å². The zero-order valence-electron chi connectivity index (χ0n) is 15.8. The molecular formula is C22H23ClN4O. The highest BCUT2D eigenvalue weighted by atomic mass is 35.5. The van der Waals surface area contributed by atoms with E-state index in [0.717, 1.165) is 11.4 Å². The van der Waals surface area contributed by atoms with Crippen LogP contribution in [0.3, 0.4) is 0 Å². The highest BCUT2D eigenvalue weighted by Crippen LogP contribution is 2.33. The Bertz CT molecular complexity index is 985. The second kappa shape index (κ2) is 7.78. The van der Waals surface area contributed by atoms with E-state index in [9.17, 15) is 4.79 Å². The average molecular weight is 395 g/mol. The van der Waals surface area contributed by atoms with Gasteiger partial charge in [-0.05, 0) is 37.1 Å². The molecular weight excluding hydrogens is 372 g/mol. The largest absolute Gasteiger partial charge is 0.338 e. The van der Waals surface area contributed by atoms with Crippen molar-refractivity contribution in [3.05, 3.63) is 82.6 Å². The third-order valence-corrected chi connectivity index (χ3v) is 5.90. The van der Waals surface area contributed by atoms with Crippen LogP contribution in [0.5, 0.6) is 0 Å². The van der Waals surface area contributed by atoms with Crippen molar-refractivity contribution in [1.82, 2.24) is 14.7 Å². The summed E-state index contributed by atoms with van der Waals surface area (Å²) in [5.41, 5.74) is 9.41. The molecule has 1 aliphatic heterocycles. The highest BCUT2D eigenvalue weighted by Gasteiger charge is 2.36. The lowest BCUT2D eigenvalue weighted by molar-refractivity contribution is 0.0785. The average Bonchev–Trinajstić information content (AvgIpc) is 3.32. The zero-order chi connectivity index (χ0) is 19.7. The standard InChI is InChI=1S/C22H23ClN4O/c1-15-18(12-25-27(15)21-10-6-5-9-20(21)23)22(28)26-13-17(11-24)19(14-26)16-7-3-2-4-8-16/h2-10,12,17,19H,11,13-14,24H2,1H3/t17-,19+/m1/s1. The Morgan fingerprint density at radius 2 is 1.86 bits per heavy atom. The molecule has 6 heteroatoms. The molecule has 3 aromatic rings.